The molecular formula is C47H33N2OP. The lowest BCUT2D eigenvalue weighted by Crippen LogP contribution is -2.25. The predicted octanol–water partition coefficient (Wildman–Crippen LogP) is 11.3. The van der Waals surface area contributed by atoms with Gasteiger partial charge in [-0.05, 0) is 59.3 Å². The van der Waals surface area contributed by atoms with Crippen LogP contribution in [-0.4, -0.2) is 4.98 Å². The summed E-state index contributed by atoms with van der Waals surface area (Å²) in [5, 5.41) is 7.64. The number of hydrogen-bond donors (Lipinski definition) is 0. The highest BCUT2D eigenvalue weighted by Crippen LogP contribution is 2.47. The van der Waals surface area contributed by atoms with Crippen molar-refractivity contribution in [3.63, 3.8) is 0 Å². The van der Waals surface area contributed by atoms with Crippen LogP contribution in [0.5, 0.6) is 0 Å². The minimum Gasteiger partial charge on any atom is -0.311 e. The largest absolute Gasteiger partial charge is 0.311 e. The van der Waals surface area contributed by atoms with E-state index in [1.165, 1.54) is 0 Å². The topological polar surface area (TPSA) is 33.2 Å². The third kappa shape index (κ3) is 5.31. The highest BCUT2D eigenvalue weighted by atomic mass is 31.2. The van der Waals surface area contributed by atoms with Gasteiger partial charge in [0.2, 0.25) is 0 Å². The molecule has 0 saturated heterocycles. The first-order valence-corrected chi connectivity index (χ1v) is 18.9. The molecule has 9 rings (SSSR count). The molecule has 0 fully saturated rings. The van der Waals surface area contributed by atoms with E-state index in [1.54, 1.807) is 0 Å². The highest BCUT2D eigenvalue weighted by molar-refractivity contribution is 7.85. The zero-order chi connectivity index (χ0) is 34.2. The molecule has 0 atom stereocenters. The van der Waals surface area contributed by atoms with Crippen molar-refractivity contribution in [1.82, 2.24) is 4.98 Å². The van der Waals surface area contributed by atoms with Crippen LogP contribution in [0.4, 0.5) is 17.1 Å². The number of aromatic nitrogens is 1. The molecule has 0 unspecified atom stereocenters. The molecule has 0 aliphatic carbocycles. The Labute approximate surface area is 297 Å². The number of rotatable bonds is 7. The fourth-order valence-electron chi connectivity index (χ4n) is 7.35. The average Bonchev–Trinajstić information content (AvgIpc) is 3.21. The van der Waals surface area contributed by atoms with E-state index >= 15 is 4.57 Å². The van der Waals surface area contributed by atoms with Gasteiger partial charge in [-0.1, -0.05) is 152 Å². The number of hydrogen-bond acceptors (Lipinski definition) is 3. The van der Waals surface area contributed by atoms with Gasteiger partial charge in [0.15, 0.2) is 7.14 Å². The van der Waals surface area contributed by atoms with Crippen LogP contribution in [-0.2, 0) is 4.57 Å². The summed E-state index contributed by atoms with van der Waals surface area (Å²) in [7, 11) is -3.32. The van der Waals surface area contributed by atoms with Crippen molar-refractivity contribution in [3.8, 4) is 11.3 Å². The van der Waals surface area contributed by atoms with Gasteiger partial charge in [0, 0.05) is 54.7 Å². The Balaban J connectivity index is 1.32. The van der Waals surface area contributed by atoms with Crippen LogP contribution in [0.25, 0.3) is 43.7 Å². The summed E-state index contributed by atoms with van der Waals surface area (Å²) in [6.45, 7) is 0. The van der Waals surface area contributed by atoms with Crippen LogP contribution in [0.3, 0.4) is 0 Å². The minimum atomic E-state index is -3.32. The number of anilines is 3. The monoisotopic (exact) mass is 672 g/mol. The maximum atomic E-state index is 16.0. The Kier molecular flexibility index (Phi) is 7.76. The molecule has 0 radical (unpaired) electrons. The quantitative estimate of drug-likeness (QED) is 0.125. The van der Waals surface area contributed by atoms with Gasteiger partial charge in [-0.15, -0.1) is 0 Å². The minimum absolute atomic E-state index is 0.808. The third-order valence-corrected chi connectivity index (χ3v) is 12.8. The molecule has 0 spiro atoms. The van der Waals surface area contributed by atoms with Crippen molar-refractivity contribution in [2.24, 2.45) is 0 Å². The van der Waals surface area contributed by atoms with E-state index in [-0.39, 0.29) is 0 Å². The molecule has 9 aromatic rings. The molecule has 3 nitrogen and oxygen atoms in total. The van der Waals surface area contributed by atoms with E-state index in [1.807, 2.05) is 84.9 Å². The van der Waals surface area contributed by atoms with Gasteiger partial charge < -0.3 is 9.46 Å². The Morgan fingerprint density at radius 3 is 1.43 bits per heavy atom. The van der Waals surface area contributed by atoms with Gasteiger partial charge in [0.1, 0.15) is 0 Å². The molecule has 51 heavy (non-hydrogen) atoms. The standard InChI is InChI=1S/C47H33N2OP/c50-51(38-21-9-3-10-22-38,39-23-11-4-12-24-39)45-33-43-46(41-26-14-13-25-40(41)45)42-27-15-16-28-44(42)48-47(43)34-29-31-37(32-30-34)49(35-17-5-1-6-18-35)36-19-7-2-8-20-36/h1-33H. The number of pyridine rings is 1. The molecule has 0 aliphatic heterocycles. The predicted molar refractivity (Wildman–Crippen MR) is 216 cm³/mol. The van der Waals surface area contributed by atoms with Crippen molar-refractivity contribution < 1.29 is 4.57 Å². The second-order valence-corrected chi connectivity index (χ2v) is 15.4. The van der Waals surface area contributed by atoms with Gasteiger partial charge in [0.05, 0.1) is 11.2 Å². The van der Waals surface area contributed by atoms with Gasteiger partial charge in [-0.3, -0.25) is 0 Å². The summed E-state index contributed by atoms with van der Waals surface area (Å²) >= 11 is 0. The summed E-state index contributed by atoms with van der Waals surface area (Å²) in [5.41, 5.74) is 5.99. The summed E-state index contributed by atoms with van der Waals surface area (Å²) in [5.74, 6) is 0. The molecule has 242 valence electrons. The van der Waals surface area contributed by atoms with E-state index in [4.69, 9.17) is 4.98 Å². The number of benzene rings is 8. The number of fused-ring (bicyclic) bond motifs is 5. The summed E-state index contributed by atoms with van der Waals surface area (Å²) in [6.07, 6.45) is 0. The van der Waals surface area contributed by atoms with Crippen LogP contribution >= 0.6 is 7.14 Å². The number of nitrogens with zero attached hydrogens (tertiary/aromatic N) is 2. The summed E-state index contributed by atoms with van der Waals surface area (Å²) in [4.78, 5) is 7.60. The van der Waals surface area contributed by atoms with Crippen LogP contribution < -0.4 is 20.8 Å². The fourth-order valence-corrected chi connectivity index (χ4v) is 10.2. The van der Waals surface area contributed by atoms with Gasteiger partial charge >= 0.3 is 0 Å². The smallest absolute Gasteiger partial charge is 0.171 e. The fraction of sp³-hybridized carbons (Fsp3) is 0. The molecule has 0 amide bonds. The Morgan fingerprint density at radius 1 is 0.412 bits per heavy atom. The molecule has 4 heteroatoms. The maximum Gasteiger partial charge on any atom is 0.171 e. The van der Waals surface area contributed by atoms with Crippen molar-refractivity contribution in [2.75, 3.05) is 4.90 Å². The average molecular weight is 673 g/mol. The van der Waals surface area contributed by atoms with Crippen molar-refractivity contribution in [3.05, 3.63) is 200 Å². The lowest BCUT2D eigenvalue weighted by molar-refractivity contribution is 0.592. The normalized spacial score (nSPS) is 11.6. The molecule has 8 aromatic carbocycles. The van der Waals surface area contributed by atoms with Crippen molar-refractivity contribution >= 4 is 72.6 Å². The maximum absolute atomic E-state index is 16.0. The van der Waals surface area contributed by atoms with E-state index in [0.29, 0.717) is 0 Å². The van der Waals surface area contributed by atoms with Crippen LogP contribution in [0.15, 0.2) is 200 Å². The molecular weight excluding hydrogens is 640 g/mol. The first kappa shape index (κ1) is 30.8. The summed E-state index contributed by atoms with van der Waals surface area (Å²) in [6, 6.07) is 68.3. The van der Waals surface area contributed by atoms with E-state index in [2.05, 4.69) is 120 Å². The SMILES string of the molecule is O=P(c1ccccc1)(c1ccccc1)c1cc2c(-c3ccc(N(c4ccccc4)c4ccccc4)cc3)nc3ccccc3c2c2ccccc12. The zero-order valence-corrected chi connectivity index (χ0v) is 28.7. The van der Waals surface area contributed by atoms with Crippen molar-refractivity contribution in [2.45, 2.75) is 0 Å². The molecule has 0 saturated carbocycles. The lowest BCUT2D eigenvalue weighted by Gasteiger charge is -2.25. The van der Waals surface area contributed by atoms with E-state index < -0.39 is 7.14 Å². The first-order chi connectivity index (χ1) is 25.2. The Bertz CT molecular complexity index is 2610. The highest BCUT2D eigenvalue weighted by Gasteiger charge is 2.32. The zero-order valence-electron chi connectivity index (χ0n) is 27.8. The number of para-hydroxylation sites is 3. The van der Waals surface area contributed by atoms with Gasteiger partial charge in [0.25, 0.3) is 0 Å². The first-order valence-electron chi connectivity index (χ1n) is 17.2. The molecule has 1 heterocycles. The Morgan fingerprint density at radius 2 is 0.863 bits per heavy atom. The van der Waals surface area contributed by atoms with Gasteiger partial charge in [-0.2, -0.15) is 0 Å². The second kappa shape index (κ2) is 12.9. The molecule has 0 aliphatic rings. The van der Waals surface area contributed by atoms with Gasteiger partial charge in [-0.25, -0.2) is 4.98 Å². The Hall–Kier alpha value is -6.28. The summed E-state index contributed by atoms with van der Waals surface area (Å²) < 4.78 is 16.0. The van der Waals surface area contributed by atoms with Crippen molar-refractivity contribution in [1.29, 1.82) is 0 Å². The van der Waals surface area contributed by atoms with E-state index in [9.17, 15) is 0 Å². The molecule has 0 bridgehead atoms. The third-order valence-electron chi connectivity index (χ3n) is 9.69. The van der Waals surface area contributed by atoms with Crippen LogP contribution in [0.2, 0.25) is 0 Å². The second-order valence-electron chi connectivity index (χ2n) is 12.7. The van der Waals surface area contributed by atoms with Crippen LogP contribution in [0.1, 0.15) is 0 Å². The molecule has 1 aromatic heterocycles. The molecule has 0 N–H and O–H groups in total. The van der Waals surface area contributed by atoms with E-state index in [0.717, 1.165) is 76.7 Å². The lowest BCUT2D eigenvalue weighted by atomic mass is 9.95. The van der Waals surface area contributed by atoms with Crippen LogP contribution in [0, 0.1) is 0 Å².